The standard InChI is InChI=1S/C9H10N2/c1-2-9-3-7-4-10-5-8(7)6-11-9/h2-3,6,10H,1,4-5H2. The van der Waals surface area contributed by atoms with Crippen LogP contribution in [0.15, 0.2) is 18.8 Å². The Morgan fingerprint density at radius 3 is 3.09 bits per heavy atom. The molecule has 0 unspecified atom stereocenters. The van der Waals surface area contributed by atoms with Gasteiger partial charge in [0.2, 0.25) is 0 Å². The topological polar surface area (TPSA) is 24.9 Å². The minimum atomic E-state index is 0.958. The van der Waals surface area contributed by atoms with Crippen LogP contribution in [-0.2, 0) is 13.1 Å². The second-order valence-corrected chi connectivity index (χ2v) is 2.69. The zero-order chi connectivity index (χ0) is 7.68. The molecule has 1 aromatic heterocycles. The third-order valence-electron chi connectivity index (χ3n) is 1.94. The van der Waals surface area contributed by atoms with E-state index in [2.05, 4.69) is 22.9 Å². The van der Waals surface area contributed by atoms with Crippen molar-refractivity contribution in [2.24, 2.45) is 0 Å². The van der Waals surface area contributed by atoms with Crippen LogP contribution >= 0.6 is 0 Å². The summed E-state index contributed by atoms with van der Waals surface area (Å²) in [5, 5.41) is 3.26. The van der Waals surface area contributed by atoms with Crippen LogP contribution in [0.2, 0.25) is 0 Å². The Labute approximate surface area is 66.0 Å². The van der Waals surface area contributed by atoms with Crippen LogP contribution in [0.3, 0.4) is 0 Å². The Morgan fingerprint density at radius 1 is 1.45 bits per heavy atom. The molecule has 1 aliphatic heterocycles. The molecule has 0 radical (unpaired) electrons. The Kier molecular flexibility index (Phi) is 1.47. The van der Waals surface area contributed by atoms with Crippen molar-refractivity contribution in [1.82, 2.24) is 10.3 Å². The van der Waals surface area contributed by atoms with Gasteiger partial charge in [-0.15, -0.1) is 0 Å². The monoisotopic (exact) mass is 146 g/mol. The normalized spacial score (nSPS) is 14.5. The molecule has 0 atom stereocenters. The van der Waals surface area contributed by atoms with E-state index in [4.69, 9.17) is 0 Å². The predicted octanol–water partition coefficient (Wildman–Crippen LogP) is 1.33. The number of nitrogens with one attached hydrogen (secondary N) is 1. The second-order valence-electron chi connectivity index (χ2n) is 2.69. The lowest BCUT2D eigenvalue weighted by Crippen LogP contribution is -1.99. The molecule has 1 aromatic rings. The quantitative estimate of drug-likeness (QED) is 0.646. The highest BCUT2D eigenvalue weighted by molar-refractivity contribution is 5.45. The predicted molar refractivity (Wildman–Crippen MR) is 44.9 cm³/mol. The average molecular weight is 146 g/mol. The average Bonchev–Trinajstić information content (AvgIpc) is 2.50. The number of pyridine rings is 1. The Bertz CT molecular complexity index is 292. The first-order valence-corrected chi connectivity index (χ1v) is 3.71. The van der Waals surface area contributed by atoms with Gasteiger partial charge in [0.1, 0.15) is 0 Å². The number of rotatable bonds is 1. The SMILES string of the molecule is C=Cc1cc2c(cn1)CNC2. The van der Waals surface area contributed by atoms with Crippen molar-refractivity contribution in [2.45, 2.75) is 13.1 Å². The molecule has 0 amide bonds. The smallest absolute Gasteiger partial charge is 0.0627 e. The van der Waals surface area contributed by atoms with Gasteiger partial charge in [0.05, 0.1) is 5.69 Å². The molecule has 1 aliphatic rings. The molecule has 0 aromatic carbocycles. The first kappa shape index (κ1) is 6.55. The fourth-order valence-corrected chi connectivity index (χ4v) is 1.31. The van der Waals surface area contributed by atoms with E-state index in [0.717, 1.165) is 18.8 Å². The number of aromatic nitrogens is 1. The van der Waals surface area contributed by atoms with Crippen LogP contribution in [-0.4, -0.2) is 4.98 Å². The fourth-order valence-electron chi connectivity index (χ4n) is 1.31. The van der Waals surface area contributed by atoms with Gasteiger partial charge >= 0.3 is 0 Å². The molecule has 0 saturated heterocycles. The van der Waals surface area contributed by atoms with Gasteiger partial charge < -0.3 is 5.32 Å². The molecule has 0 bridgehead atoms. The van der Waals surface area contributed by atoms with Crippen LogP contribution in [0.4, 0.5) is 0 Å². The van der Waals surface area contributed by atoms with E-state index < -0.39 is 0 Å². The fraction of sp³-hybridized carbons (Fsp3) is 0.222. The zero-order valence-electron chi connectivity index (χ0n) is 6.30. The molecular weight excluding hydrogens is 136 g/mol. The molecule has 11 heavy (non-hydrogen) atoms. The van der Waals surface area contributed by atoms with Crippen molar-refractivity contribution in [3.05, 3.63) is 35.7 Å². The summed E-state index contributed by atoms with van der Waals surface area (Å²) in [5.41, 5.74) is 3.64. The summed E-state index contributed by atoms with van der Waals surface area (Å²) >= 11 is 0. The van der Waals surface area contributed by atoms with Crippen molar-refractivity contribution in [3.8, 4) is 0 Å². The van der Waals surface area contributed by atoms with Crippen LogP contribution < -0.4 is 5.32 Å². The van der Waals surface area contributed by atoms with Crippen molar-refractivity contribution < 1.29 is 0 Å². The molecule has 0 saturated carbocycles. The molecular formula is C9H10N2. The highest BCUT2D eigenvalue weighted by Gasteiger charge is 2.09. The first-order valence-electron chi connectivity index (χ1n) is 3.71. The molecule has 2 rings (SSSR count). The summed E-state index contributed by atoms with van der Waals surface area (Å²) in [7, 11) is 0. The molecule has 56 valence electrons. The molecule has 2 nitrogen and oxygen atoms in total. The molecule has 2 heteroatoms. The van der Waals surface area contributed by atoms with E-state index >= 15 is 0 Å². The van der Waals surface area contributed by atoms with Gasteiger partial charge in [-0.3, -0.25) is 4.98 Å². The van der Waals surface area contributed by atoms with Gasteiger partial charge in [-0.05, 0) is 23.3 Å². The van der Waals surface area contributed by atoms with E-state index in [1.54, 1.807) is 6.08 Å². The lowest BCUT2D eigenvalue weighted by atomic mass is 10.1. The molecule has 0 fully saturated rings. The van der Waals surface area contributed by atoms with Gasteiger partial charge in [0.25, 0.3) is 0 Å². The minimum absolute atomic E-state index is 0.958. The Morgan fingerprint density at radius 2 is 2.27 bits per heavy atom. The molecule has 0 spiro atoms. The lowest BCUT2D eigenvalue weighted by molar-refractivity contribution is 0.764. The third kappa shape index (κ3) is 1.05. The van der Waals surface area contributed by atoms with E-state index in [-0.39, 0.29) is 0 Å². The highest BCUT2D eigenvalue weighted by atomic mass is 14.9. The van der Waals surface area contributed by atoms with Crippen molar-refractivity contribution in [1.29, 1.82) is 0 Å². The molecule has 2 heterocycles. The molecule has 0 aliphatic carbocycles. The Hall–Kier alpha value is -1.15. The first-order chi connectivity index (χ1) is 5.40. The summed E-state index contributed by atoms with van der Waals surface area (Å²) < 4.78 is 0. The summed E-state index contributed by atoms with van der Waals surface area (Å²) in [6.07, 6.45) is 3.70. The van der Waals surface area contributed by atoms with Gasteiger partial charge in [-0.25, -0.2) is 0 Å². The van der Waals surface area contributed by atoms with E-state index in [0.29, 0.717) is 0 Å². The third-order valence-corrected chi connectivity index (χ3v) is 1.94. The van der Waals surface area contributed by atoms with Crippen LogP contribution in [0.25, 0.3) is 6.08 Å². The van der Waals surface area contributed by atoms with E-state index in [1.165, 1.54) is 11.1 Å². The maximum absolute atomic E-state index is 4.21. The number of nitrogens with zero attached hydrogens (tertiary/aromatic N) is 1. The van der Waals surface area contributed by atoms with Crippen molar-refractivity contribution in [3.63, 3.8) is 0 Å². The maximum Gasteiger partial charge on any atom is 0.0627 e. The van der Waals surface area contributed by atoms with E-state index in [1.807, 2.05) is 6.20 Å². The number of fused-ring (bicyclic) bond motifs is 1. The lowest BCUT2D eigenvalue weighted by Gasteiger charge is -1.96. The number of hydrogen-bond donors (Lipinski definition) is 1. The van der Waals surface area contributed by atoms with Crippen molar-refractivity contribution in [2.75, 3.05) is 0 Å². The molecule has 1 N–H and O–H groups in total. The number of hydrogen-bond acceptors (Lipinski definition) is 2. The minimum Gasteiger partial charge on any atom is -0.309 e. The van der Waals surface area contributed by atoms with Crippen molar-refractivity contribution >= 4 is 6.08 Å². The van der Waals surface area contributed by atoms with Gasteiger partial charge in [-0.1, -0.05) is 6.58 Å². The summed E-state index contributed by atoms with van der Waals surface area (Å²) in [5.74, 6) is 0. The summed E-state index contributed by atoms with van der Waals surface area (Å²) in [6, 6.07) is 2.09. The summed E-state index contributed by atoms with van der Waals surface area (Å²) in [6.45, 7) is 5.60. The summed E-state index contributed by atoms with van der Waals surface area (Å²) in [4.78, 5) is 4.21. The van der Waals surface area contributed by atoms with Gasteiger partial charge in [-0.2, -0.15) is 0 Å². The zero-order valence-corrected chi connectivity index (χ0v) is 6.30. The van der Waals surface area contributed by atoms with Gasteiger partial charge in [0.15, 0.2) is 0 Å². The highest BCUT2D eigenvalue weighted by Crippen LogP contribution is 2.14. The van der Waals surface area contributed by atoms with E-state index in [9.17, 15) is 0 Å². The maximum atomic E-state index is 4.21. The van der Waals surface area contributed by atoms with Gasteiger partial charge in [0, 0.05) is 19.3 Å². The Balaban J connectivity index is 2.48. The van der Waals surface area contributed by atoms with Crippen LogP contribution in [0, 0.1) is 0 Å². The van der Waals surface area contributed by atoms with Crippen LogP contribution in [0.5, 0.6) is 0 Å². The van der Waals surface area contributed by atoms with Crippen LogP contribution in [0.1, 0.15) is 16.8 Å². The second kappa shape index (κ2) is 2.47. The largest absolute Gasteiger partial charge is 0.309 e.